The zero-order chi connectivity index (χ0) is 16.7. The zero-order valence-corrected chi connectivity index (χ0v) is 14.3. The number of pyridine rings is 1. The van der Waals surface area contributed by atoms with Gasteiger partial charge < -0.3 is 15.1 Å². The number of nitrogens with zero attached hydrogens (tertiary/aromatic N) is 3. The maximum Gasteiger partial charge on any atom is 0.216 e. The minimum Gasteiger partial charge on any atom is -0.444 e. The fraction of sp³-hybridized carbons (Fsp3) is 0.471. The molecule has 2 rings (SSSR count). The molecule has 0 spiro atoms. The molecule has 2 N–H and O–H groups in total. The first-order valence-electron chi connectivity index (χ1n) is 7.94. The van der Waals surface area contributed by atoms with Crippen LogP contribution in [0.2, 0.25) is 0 Å². The topological polar surface area (TPSA) is 75.3 Å². The Kier molecular flexibility index (Phi) is 6.14. The Morgan fingerprint density at radius 3 is 2.74 bits per heavy atom. The second kappa shape index (κ2) is 8.31. The van der Waals surface area contributed by atoms with Crippen LogP contribution in [0.1, 0.15) is 35.4 Å². The molecule has 0 saturated carbocycles. The van der Waals surface area contributed by atoms with Gasteiger partial charge in [0, 0.05) is 25.5 Å². The highest BCUT2D eigenvalue weighted by molar-refractivity contribution is 5.79. The lowest BCUT2D eigenvalue weighted by Gasteiger charge is -2.11. The molecule has 0 aliphatic carbocycles. The van der Waals surface area contributed by atoms with Crippen LogP contribution in [0.15, 0.2) is 27.9 Å². The van der Waals surface area contributed by atoms with Crippen molar-refractivity contribution in [3.05, 3.63) is 46.9 Å². The van der Waals surface area contributed by atoms with Gasteiger partial charge in [-0.3, -0.25) is 4.98 Å². The van der Waals surface area contributed by atoms with E-state index >= 15 is 0 Å². The highest BCUT2D eigenvalue weighted by Gasteiger charge is 2.05. The van der Waals surface area contributed by atoms with E-state index in [1.165, 1.54) is 11.1 Å². The number of oxazole rings is 1. The molecule has 6 heteroatoms. The van der Waals surface area contributed by atoms with Crippen molar-refractivity contribution in [2.45, 2.75) is 40.7 Å². The van der Waals surface area contributed by atoms with Gasteiger partial charge in [-0.05, 0) is 51.3 Å². The van der Waals surface area contributed by atoms with Crippen LogP contribution in [0.5, 0.6) is 0 Å². The van der Waals surface area contributed by atoms with Gasteiger partial charge in [-0.2, -0.15) is 0 Å². The maximum atomic E-state index is 5.55. The van der Waals surface area contributed by atoms with E-state index in [2.05, 4.69) is 38.6 Å². The highest BCUT2D eigenvalue weighted by Crippen LogP contribution is 2.09. The van der Waals surface area contributed by atoms with Crippen LogP contribution in [0, 0.1) is 20.8 Å². The summed E-state index contributed by atoms with van der Waals surface area (Å²) in [5, 5.41) is 6.57. The summed E-state index contributed by atoms with van der Waals surface area (Å²) in [6.45, 7) is 10.0. The maximum absolute atomic E-state index is 5.55. The summed E-state index contributed by atoms with van der Waals surface area (Å²) in [6.07, 6.45) is 4.65. The third kappa shape index (κ3) is 5.09. The van der Waals surface area contributed by atoms with Crippen molar-refractivity contribution in [3.63, 3.8) is 0 Å². The first kappa shape index (κ1) is 17.0. The Morgan fingerprint density at radius 2 is 2.09 bits per heavy atom. The number of rotatable bonds is 6. The van der Waals surface area contributed by atoms with Crippen LogP contribution >= 0.6 is 0 Å². The van der Waals surface area contributed by atoms with Crippen molar-refractivity contribution in [2.24, 2.45) is 4.99 Å². The molecule has 0 aliphatic heterocycles. The number of guanidine groups is 1. The molecule has 124 valence electrons. The van der Waals surface area contributed by atoms with E-state index in [4.69, 9.17) is 4.42 Å². The first-order chi connectivity index (χ1) is 11.1. The number of hydrogen-bond donors (Lipinski definition) is 2. The minimum atomic E-state index is 0.429. The van der Waals surface area contributed by atoms with Gasteiger partial charge in [0.1, 0.15) is 12.3 Å². The van der Waals surface area contributed by atoms with Crippen LogP contribution in [0.25, 0.3) is 0 Å². The Labute approximate surface area is 137 Å². The van der Waals surface area contributed by atoms with Crippen LogP contribution in [0.4, 0.5) is 0 Å². The van der Waals surface area contributed by atoms with Gasteiger partial charge in [-0.1, -0.05) is 0 Å². The normalized spacial score (nSPS) is 11.6. The van der Waals surface area contributed by atoms with Crippen LogP contribution < -0.4 is 10.6 Å². The lowest BCUT2D eigenvalue weighted by atomic mass is 10.1. The summed E-state index contributed by atoms with van der Waals surface area (Å²) in [5.74, 6) is 2.26. The number of aryl methyl sites for hydroxylation is 3. The molecule has 0 radical (unpaired) electrons. The molecule has 0 saturated heterocycles. The predicted molar refractivity (Wildman–Crippen MR) is 91.5 cm³/mol. The molecule has 0 bridgehead atoms. The average Bonchev–Trinajstić information content (AvgIpc) is 2.85. The molecule has 2 heterocycles. The van der Waals surface area contributed by atoms with E-state index in [-0.39, 0.29) is 0 Å². The Hall–Kier alpha value is -2.37. The molecule has 0 unspecified atom stereocenters. The molecule has 0 aromatic carbocycles. The van der Waals surface area contributed by atoms with E-state index in [0.717, 1.165) is 36.9 Å². The molecule has 0 fully saturated rings. The average molecular weight is 315 g/mol. The summed E-state index contributed by atoms with van der Waals surface area (Å²) in [6, 6.07) is 2.05. The van der Waals surface area contributed by atoms with Crippen molar-refractivity contribution in [1.29, 1.82) is 0 Å². The standard InChI is InChI=1S/C17H25N5O/c1-5-19-17(21-11-16-22-13(3)14(4)23-16)20-9-7-15-6-8-18-10-12(15)2/h6,8,10H,5,7,9,11H2,1-4H3,(H2,19,20,21). The fourth-order valence-corrected chi connectivity index (χ4v) is 2.19. The summed E-state index contributed by atoms with van der Waals surface area (Å²) >= 11 is 0. The summed E-state index contributed by atoms with van der Waals surface area (Å²) in [7, 11) is 0. The van der Waals surface area contributed by atoms with Crippen LogP contribution in [0.3, 0.4) is 0 Å². The van der Waals surface area contributed by atoms with Crippen LogP contribution in [-0.4, -0.2) is 29.0 Å². The Bertz CT molecular complexity index is 643. The number of nitrogens with one attached hydrogen (secondary N) is 2. The van der Waals surface area contributed by atoms with E-state index in [1.807, 2.05) is 33.2 Å². The third-order valence-electron chi connectivity index (χ3n) is 3.61. The van der Waals surface area contributed by atoms with Gasteiger partial charge in [0.05, 0.1) is 5.69 Å². The molecule has 0 atom stereocenters. The van der Waals surface area contributed by atoms with Gasteiger partial charge in [0.25, 0.3) is 0 Å². The van der Waals surface area contributed by atoms with Crippen LogP contribution in [-0.2, 0) is 13.0 Å². The Morgan fingerprint density at radius 1 is 1.26 bits per heavy atom. The van der Waals surface area contributed by atoms with E-state index < -0.39 is 0 Å². The van der Waals surface area contributed by atoms with Gasteiger partial charge in [0.2, 0.25) is 5.89 Å². The molecular formula is C17H25N5O. The molecule has 0 aliphatic rings. The molecule has 6 nitrogen and oxygen atoms in total. The second-order valence-electron chi connectivity index (χ2n) is 5.42. The van der Waals surface area contributed by atoms with Crippen molar-refractivity contribution in [1.82, 2.24) is 20.6 Å². The minimum absolute atomic E-state index is 0.429. The molecule has 0 amide bonds. The lowest BCUT2D eigenvalue weighted by molar-refractivity contribution is 0.473. The summed E-state index contributed by atoms with van der Waals surface area (Å²) < 4.78 is 5.55. The van der Waals surface area contributed by atoms with Crippen molar-refractivity contribution < 1.29 is 4.42 Å². The van der Waals surface area contributed by atoms with Gasteiger partial charge >= 0.3 is 0 Å². The van der Waals surface area contributed by atoms with Crippen molar-refractivity contribution in [3.8, 4) is 0 Å². The SMILES string of the molecule is CCNC(=NCc1nc(C)c(C)o1)NCCc1ccncc1C. The zero-order valence-electron chi connectivity index (χ0n) is 14.3. The quantitative estimate of drug-likeness (QED) is 0.632. The largest absolute Gasteiger partial charge is 0.444 e. The van der Waals surface area contributed by atoms with E-state index in [9.17, 15) is 0 Å². The second-order valence-corrected chi connectivity index (χ2v) is 5.42. The van der Waals surface area contributed by atoms with E-state index in [0.29, 0.717) is 12.4 Å². The fourth-order valence-electron chi connectivity index (χ4n) is 2.19. The van der Waals surface area contributed by atoms with E-state index in [1.54, 1.807) is 0 Å². The monoisotopic (exact) mass is 315 g/mol. The predicted octanol–water partition coefficient (Wildman–Crippen LogP) is 2.29. The first-order valence-corrected chi connectivity index (χ1v) is 7.94. The highest BCUT2D eigenvalue weighted by atomic mass is 16.4. The van der Waals surface area contributed by atoms with Gasteiger partial charge in [0.15, 0.2) is 5.96 Å². The number of aromatic nitrogens is 2. The molecule has 2 aromatic rings. The molecule has 2 aromatic heterocycles. The van der Waals surface area contributed by atoms with Crippen molar-refractivity contribution >= 4 is 5.96 Å². The summed E-state index contributed by atoms with van der Waals surface area (Å²) in [5.41, 5.74) is 3.42. The Balaban J connectivity index is 1.90. The van der Waals surface area contributed by atoms with Crippen molar-refractivity contribution in [2.75, 3.05) is 13.1 Å². The molecule has 23 heavy (non-hydrogen) atoms. The number of hydrogen-bond acceptors (Lipinski definition) is 4. The lowest BCUT2D eigenvalue weighted by Crippen LogP contribution is -2.38. The van der Waals surface area contributed by atoms with Gasteiger partial charge in [-0.15, -0.1) is 0 Å². The number of aliphatic imine (C=N–C) groups is 1. The van der Waals surface area contributed by atoms with Gasteiger partial charge in [-0.25, -0.2) is 9.98 Å². The molecular weight excluding hydrogens is 290 g/mol. The summed E-state index contributed by atoms with van der Waals surface area (Å²) in [4.78, 5) is 13.0. The third-order valence-corrected chi connectivity index (χ3v) is 3.61. The smallest absolute Gasteiger partial charge is 0.216 e.